The fourth-order valence-electron chi connectivity index (χ4n) is 1.70. The Morgan fingerprint density at radius 3 is 2.81 bits per heavy atom. The molecule has 6 heteroatoms. The molecule has 0 heterocycles. The van der Waals surface area contributed by atoms with Crippen LogP contribution in [0.15, 0.2) is 46.9 Å². The molecular weight excluding hydrogens is 356 g/mol. The Kier molecular flexibility index (Phi) is 5.47. The van der Waals surface area contributed by atoms with Crippen molar-refractivity contribution in [2.75, 3.05) is 11.9 Å². The van der Waals surface area contributed by atoms with Crippen molar-refractivity contribution in [3.63, 3.8) is 0 Å². The highest BCUT2D eigenvalue weighted by Gasteiger charge is 2.01. The van der Waals surface area contributed by atoms with Crippen molar-refractivity contribution < 1.29 is 9.53 Å². The maximum atomic E-state index is 10.7. The number of ether oxygens (including phenoxy) is 1. The molecule has 21 heavy (non-hydrogen) atoms. The predicted octanol–water partition coefficient (Wildman–Crippen LogP) is 3.58. The Hall–Kier alpha value is -1.72. The van der Waals surface area contributed by atoms with Crippen molar-refractivity contribution >= 4 is 39.1 Å². The predicted molar refractivity (Wildman–Crippen MR) is 87.6 cm³/mol. The van der Waals surface area contributed by atoms with Gasteiger partial charge < -0.3 is 15.8 Å². The van der Waals surface area contributed by atoms with Gasteiger partial charge in [0.15, 0.2) is 6.61 Å². The molecule has 0 atom stereocenters. The zero-order chi connectivity index (χ0) is 15.2. The minimum absolute atomic E-state index is 0.133. The molecule has 0 spiro atoms. The van der Waals surface area contributed by atoms with Crippen molar-refractivity contribution in [1.29, 1.82) is 0 Å². The molecule has 0 aromatic heterocycles. The molecule has 110 valence electrons. The quantitative estimate of drug-likeness (QED) is 0.818. The first-order valence-electron chi connectivity index (χ1n) is 6.23. The zero-order valence-electron chi connectivity index (χ0n) is 11.1. The number of halogens is 2. The number of amides is 1. The van der Waals surface area contributed by atoms with Crippen LogP contribution in [0.25, 0.3) is 0 Å². The Morgan fingerprint density at radius 1 is 1.29 bits per heavy atom. The second kappa shape index (κ2) is 7.33. The molecule has 0 fully saturated rings. The number of rotatable bonds is 6. The first-order chi connectivity index (χ1) is 10.0. The molecule has 0 aliphatic rings. The van der Waals surface area contributed by atoms with Crippen molar-refractivity contribution in [1.82, 2.24) is 0 Å². The lowest BCUT2D eigenvalue weighted by atomic mass is 10.2. The summed E-state index contributed by atoms with van der Waals surface area (Å²) in [6, 6.07) is 13.1. The van der Waals surface area contributed by atoms with Crippen molar-refractivity contribution in [2.24, 2.45) is 5.73 Å². The van der Waals surface area contributed by atoms with E-state index >= 15 is 0 Å². The zero-order valence-corrected chi connectivity index (χ0v) is 13.4. The van der Waals surface area contributed by atoms with Crippen LogP contribution in [0, 0.1) is 0 Å². The van der Waals surface area contributed by atoms with Gasteiger partial charge in [-0.25, -0.2) is 0 Å². The number of primary amides is 1. The Balaban J connectivity index is 1.97. The van der Waals surface area contributed by atoms with Gasteiger partial charge in [0.1, 0.15) is 5.75 Å². The minimum atomic E-state index is -0.502. The first kappa shape index (κ1) is 15.7. The van der Waals surface area contributed by atoms with Crippen LogP contribution in [0.4, 0.5) is 5.69 Å². The molecule has 2 aromatic carbocycles. The fourth-order valence-corrected chi connectivity index (χ4v) is 2.15. The average molecular weight is 370 g/mol. The highest BCUT2D eigenvalue weighted by molar-refractivity contribution is 9.10. The van der Waals surface area contributed by atoms with E-state index in [2.05, 4.69) is 21.2 Å². The molecule has 0 aliphatic heterocycles. The van der Waals surface area contributed by atoms with Crippen LogP contribution in [0.3, 0.4) is 0 Å². The maximum Gasteiger partial charge on any atom is 0.255 e. The normalized spacial score (nSPS) is 10.2. The van der Waals surface area contributed by atoms with E-state index in [9.17, 15) is 4.79 Å². The number of benzene rings is 2. The van der Waals surface area contributed by atoms with Crippen LogP contribution in [0.5, 0.6) is 5.75 Å². The fraction of sp³-hybridized carbons (Fsp3) is 0.133. The van der Waals surface area contributed by atoms with Crippen molar-refractivity contribution in [2.45, 2.75) is 6.54 Å². The summed E-state index contributed by atoms with van der Waals surface area (Å²) in [4.78, 5) is 10.7. The van der Waals surface area contributed by atoms with Gasteiger partial charge in [-0.05, 0) is 45.8 Å². The molecule has 1 amide bonds. The van der Waals surface area contributed by atoms with Crippen LogP contribution in [-0.4, -0.2) is 12.5 Å². The molecule has 0 radical (unpaired) electrons. The van der Waals surface area contributed by atoms with E-state index in [1.165, 1.54) is 0 Å². The van der Waals surface area contributed by atoms with Crippen LogP contribution in [-0.2, 0) is 11.3 Å². The third-order valence-corrected chi connectivity index (χ3v) is 3.93. The maximum absolute atomic E-state index is 10.7. The number of hydrogen-bond acceptors (Lipinski definition) is 3. The summed E-state index contributed by atoms with van der Waals surface area (Å²) in [7, 11) is 0. The van der Waals surface area contributed by atoms with E-state index < -0.39 is 5.91 Å². The SMILES string of the molecule is NC(=O)COc1cccc(NCc2ccc(Br)c(Cl)c2)c1. The number of nitrogens with two attached hydrogens (primary N) is 1. The van der Waals surface area contributed by atoms with Crippen LogP contribution in [0.1, 0.15) is 5.56 Å². The molecule has 2 aromatic rings. The molecule has 0 unspecified atom stereocenters. The standard InChI is InChI=1S/C15H14BrClN2O2/c16-13-5-4-10(6-14(13)17)8-19-11-2-1-3-12(7-11)21-9-15(18)20/h1-7,19H,8-9H2,(H2,18,20). The van der Waals surface area contributed by atoms with Crippen LogP contribution < -0.4 is 15.8 Å². The monoisotopic (exact) mass is 368 g/mol. The van der Waals surface area contributed by atoms with Crippen molar-refractivity contribution in [3.05, 3.63) is 57.5 Å². The van der Waals surface area contributed by atoms with Gasteiger partial charge in [-0.3, -0.25) is 4.79 Å². The summed E-state index contributed by atoms with van der Waals surface area (Å²) in [6.07, 6.45) is 0. The minimum Gasteiger partial charge on any atom is -0.484 e. The smallest absolute Gasteiger partial charge is 0.255 e. The van der Waals surface area contributed by atoms with Gasteiger partial charge in [0, 0.05) is 22.8 Å². The molecule has 3 N–H and O–H groups in total. The second-order valence-corrected chi connectivity index (χ2v) is 5.65. The Morgan fingerprint density at radius 2 is 2.10 bits per heavy atom. The molecule has 0 saturated heterocycles. The van der Waals surface area contributed by atoms with Gasteiger partial charge in [0.25, 0.3) is 5.91 Å². The number of hydrogen-bond donors (Lipinski definition) is 2. The number of carbonyl (C=O) groups is 1. The Bertz CT molecular complexity index is 649. The number of anilines is 1. The summed E-state index contributed by atoms with van der Waals surface area (Å²) < 4.78 is 6.12. The van der Waals surface area contributed by atoms with E-state index in [1.54, 1.807) is 6.07 Å². The summed E-state index contributed by atoms with van der Waals surface area (Å²) in [6.45, 7) is 0.498. The summed E-state index contributed by atoms with van der Waals surface area (Å²) >= 11 is 9.41. The number of carbonyl (C=O) groups excluding carboxylic acids is 1. The number of nitrogens with one attached hydrogen (secondary N) is 1. The highest BCUT2D eigenvalue weighted by atomic mass is 79.9. The van der Waals surface area contributed by atoms with E-state index in [-0.39, 0.29) is 6.61 Å². The van der Waals surface area contributed by atoms with E-state index in [0.29, 0.717) is 17.3 Å². The average Bonchev–Trinajstić information content (AvgIpc) is 2.47. The van der Waals surface area contributed by atoms with E-state index in [4.69, 9.17) is 22.1 Å². The van der Waals surface area contributed by atoms with Gasteiger partial charge in [0.2, 0.25) is 0 Å². The van der Waals surface area contributed by atoms with Crippen LogP contribution in [0.2, 0.25) is 5.02 Å². The first-order valence-corrected chi connectivity index (χ1v) is 7.40. The van der Waals surface area contributed by atoms with E-state index in [0.717, 1.165) is 15.7 Å². The topological polar surface area (TPSA) is 64.4 Å². The van der Waals surface area contributed by atoms with Gasteiger partial charge in [-0.15, -0.1) is 0 Å². The lowest BCUT2D eigenvalue weighted by Gasteiger charge is -2.09. The molecule has 2 rings (SSSR count). The third kappa shape index (κ3) is 4.95. The lowest BCUT2D eigenvalue weighted by molar-refractivity contribution is -0.119. The molecule has 0 bridgehead atoms. The lowest BCUT2D eigenvalue weighted by Crippen LogP contribution is -2.20. The third-order valence-electron chi connectivity index (χ3n) is 2.70. The Labute approximate surface area is 136 Å². The van der Waals surface area contributed by atoms with Gasteiger partial charge in [0.05, 0.1) is 5.02 Å². The summed E-state index contributed by atoms with van der Waals surface area (Å²) in [5.41, 5.74) is 6.99. The van der Waals surface area contributed by atoms with Gasteiger partial charge in [-0.1, -0.05) is 23.7 Å². The second-order valence-electron chi connectivity index (χ2n) is 4.38. The van der Waals surface area contributed by atoms with Gasteiger partial charge in [-0.2, -0.15) is 0 Å². The molecule has 4 nitrogen and oxygen atoms in total. The summed E-state index contributed by atoms with van der Waals surface area (Å²) in [5, 5.41) is 3.94. The molecule has 0 saturated carbocycles. The van der Waals surface area contributed by atoms with Crippen LogP contribution >= 0.6 is 27.5 Å². The van der Waals surface area contributed by atoms with E-state index in [1.807, 2.05) is 36.4 Å². The highest BCUT2D eigenvalue weighted by Crippen LogP contribution is 2.24. The van der Waals surface area contributed by atoms with Gasteiger partial charge >= 0.3 is 0 Å². The molecule has 0 aliphatic carbocycles. The molecular formula is C15H14BrClN2O2. The summed E-state index contributed by atoms with van der Waals surface area (Å²) in [5.74, 6) is 0.0884. The van der Waals surface area contributed by atoms with Crippen molar-refractivity contribution in [3.8, 4) is 5.75 Å². The largest absolute Gasteiger partial charge is 0.484 e.